The molecule has 1 unspecified atom stereocenters. The van der Waals surface area contributed by atoms with E-state index in [1.165, 1.54) is 18.4 Å². The lowest BCUT2D eigenvalue weighted by molar-refractivity contribution is -0.143. The van der Waals surface area contributed by atoms with Crippen molar-refractivity contribution in [1.29, 1.82) is 0 Å². The van der Waals surface area contributed by atoms with Crippen molar-refractivity contribution < 1.29 is 14.7 Å². The summed E-state index contributed by atoms with van der Waals surface area (Å²) in [7, 11) is 0. The Morgan fingerprint density at radius 1 is 0.721 bits per heavy atom. The highest BCUT2D eigenvalue weighted by atomic mass is 16.4. The molecule has 234 valence electrons. The third-order valence-electron chi connectivity index (χ3n) is 9.28. The number of hydrogen-bond donors (Lipinski definition) is 1. The first-order valence-corrected chi connectivity index (χ1v) is 16.2. The molecule has 0 radical (unpaired) electrons. The van der Waals surface area contributed by atoms with Crippen LogP contribution in [0.4, 0.5) is 0 Å². The maximum absolute atomic E-state index is 12.8. The van der Waals surface area contributed by atoms with Gasteiger partial charge in [0.15, 0.2) is 5.78 Å². The summed E-state index contributed by atoms with van der Waals surface area (Å²) in [4.78, 5) is 24.2. The first-order valence-electron chi connectivity index (χ1n) is 16.2. The minimum atomic E-state index is -0.680. The van der Waals surface area contributed by atoms with Gasteiger partial charge in [-0.15, -0.1) is 5.73 Å². The zero-order valence-electron chi connectivity index (χ0n) is 28.2. The highest BCUT2D eigenvalue weighted by Gasteiger charge is 2.33. The molecule has 0 saturated heterocycles. The van der Waals surface area contributed by atoms with Crippen molar-refractivity contribution in [2.24, 2.45) is 41.4 Å². The van der Waals surface area contributed by atoms with Crippen molar-refractivity contribution in [2.75, 3.05) is 0 Å². The summed E-state index contributed by atoms with van der Waals surface area (Å²) in [6.45, 7) is 19.3. The van der Waals surface area contributed by atoms with Crippen LogP contribution in [0.2, 0.25) is 0 Å². The van der Waals surface area contributed by atoms with Crippen LogP contribution in [0.5, 0.6) is 0 Å². The number of carboxylic acids is 1. The first kappa shape index (κ1) is 36.0. The molecule has 2 saturated carbocycles. The molecule has 3 heteroatoms. The number of Topliss-reactive ketones (excluding diaryl/α,β-unsaturated/α-hetero) is 1. The van der Waals surface area contributed by atoms with E-state index in [9.17, 15) is 14.7 Å². The van der Waals surface area contributed by atoms with Crippen LogP contribution in [0.15, 0.2) is 100 Å². The third kappa shape index (κ3) is 12.5. The van der Waals surface area contributed by atoms with E-state index in [-0.39, 0.29) is 23.5 Å². The van der Waals surface area contributed by atoms with Crippen LogP contribution in [0.25, 0.3) is 0 Å². The van der Waals surface area contributed by atoms with Gasteiger partial charge in [0, 0.05) is 6.42 Å². The highest BCUT2D eigenvalue weighted by molar-refractivity contribution is 5.95. The standard InChI is InChI=1S/C40H56O3/c1-27(16-12-17-29(3)20-21-37-34(8)24-36(40(42)43)25-35(37)9)14-10-11-15-28(2)18-13-19-31(5)39(41)26-38-32(6)22-30(4)23-33(38)7/h10-20,30,32-36,38H,22-26H2,1-9H3,(H,42,43)/b11-10+,16-12+,18-13+,27-14+,28-15+,29-17+,31-19+/t21?,30-,32+,33?,34-,35+,36+,38+/m0/s1. The second-order valence-corrected chi connectivity index (χ2v) is 13.6. The summed E-state index contributed by atoms with van der Waals surface area (Å²) in [5.74, 6) is 2.35. The molecule has 7 atom stereocenters. The monoisotopic (exact) mass is 584 g/mol. The smallest absolute Gasteiger partial charge is 0.306 e. The predicted octanol–water partition coefficient (Wildman–Crippen LogP) is 10.6. The average molecular weight is 585 g/mol. The number of rotatable bonds is 11. The Labute approximate surface area is 262 Å². The zero-order valence-corrected chi connectivity index (χ0v) is 28.2. The summed E-state index contributed by atoms with van der Waals surface area (Å²) in [5.41, 5.74) is 8.89. The van der Waals surface area contributed by atoms with Crippen molar-refractivity contribution in [1.82, 2.24) is 0 Å². The molecule has 0 amide bonds. The molecule has 3 nitrogen and oxygen atoms in total. The summed E-state index contributed by atoms with van der Waals surface area (Å²) in [5, 5.41) is 9.35. The van der Waals surface area contributed by atoms with E-state index in [1.807, 2.05) is 49.5 Å². The molecule has 2 aliphatic carbocycles. The Hall–Kier alpha value is -3.16. The number of aliphatic carboxylic acids is 1. The Kier molecular flexibility index (Phi) is 14.9. The van der Waals surface area contributed by atoms with Gasteiger partial charge in [-0.3, -0.25) is 9.59 Å². The van der Waals surface area contributed by atoms with Gasteiger partial charge in [0.25, 0.3) is 0 Å². The van der Waals surface area contributed by atoms with Crippen LogP contribution in [0.3, 0.4) is 0 Å². The third-order valence-corrected chi connectivity index (χ3v) is 9.28. The van der Waals surface area contributed by atoms with Crippen molar-refractivity contribution >= 4 is 11.8 Å². The van der Waals surface area contributed by atoms with Crippen molar-refractivity contribution in [3.63, 3.8) is 0 Å². The minimum absolute atomic E-state index is 0.243. The fraction of sp³-hybridized carbons (Fsp3) is 0.525. The number of ketones is 1. The lowest BCUT2D eigenvalue weighted by Gasteiger charge is -2.37. The molecule has 2 aliphatic rings. The fourth-order valence-electron chi connectivity index (χ4n) is 6.79. The average Bonchev–Trinajstić information content (AvgIpc) is 2.92. The van der Waals surface area contributed by atoms with Crippen molar-refractivity contribution in [3.05, 3.63) is 100 Å². The van der Waals surface area contributed by atoms with Gasteiger partial charge in [0.1, 0.15) is 0 Å². The van der Waals surface area contributed by atoms with E-state index in [0.717, 1.165) is 28.2 Å². The number of allylic oxidation sites excluding steroid dienone is 15. The maximum Gasteiger partial charge on any atom is 0.306 e. The Morgan fingerprint density at radius 3 is 1.72 bits per heavy atom. The van der Waals surface area contributed by atoms with Crippen LogP contribution >= 0.6 is 0 Å². The van der Waals surface area contributed by atoms with Gasteiger partial charge in [-0.05, 0) is 112 Å². The van der Waals surface area contributed by atoms with E-state index < -0.39 is 5.97 Å². The molecule has 0 aromatic rings. The molecule has 2 rings (SSSR count). The number of carbonyl (C=O) groups excluding carboxylic acids is 1. The van der Waals surface area contributed by atoms with Gasteiger partial charge in [0.05, 0.1) is 5.92 Å². The molecule has 43 heavy (non-hydrogen) atoms. The first-order chi connectivity index (χ1) is 20.3. The Bertz CT molecular complexity index is 1230. The van der Waals surface area contributed by atoms with Gasteiger partial charge in [-0.1, -0.05) is 107 Å². The number of carboxylic acid groups (broad SMARTS) is 1. The maximum atomic E-state index is 12.8. The lowest BCUT2D eigenvalue weighted by Crippen LogP contribution is -2.30. The van der Waals surface area contributed by atoms with Crippen LogP contribution in [0, 0.1) is 41.4 Å². The van der Waals surface area contributed by atoms with Crippen LogP contribution in [-0.2, 0) is 9.59 Å². The normalized spacial score (nSPS) is 29.9. The molecular formula is C40H56O3. The quantitative estimate of drug-likeness (QED) is 0.149. The zero-order chi connectivity index (χ0) is 32.1. The van der Waals surface area contributed by atoms with Crippen LogP contribution in [-0.4, -0.2) is 16.9 Å². The van der Waals surface area contributed by atoms with Gasteiger partial charge in [-0.2, -0.15) is 0 Å². The summed E-state index contributed by atoms with van der Waals surface area (Å²) < 4.78 is 0. The molecule has 0 aromatic carbocycles. The van der Waals surface area contributed by atoms with Crippen LogP contribution in [0.1, 0.15) is 94.4 Å². The van der Waals surface area contributed by atoms with Crippen molar-refractivity contribution in [2.45, 2.75) is 94.4 Å². The van der Waals surface area contributed by atoms with E-state index in [1.54, 1.807) is 0 Å². The van der Waals surface area contributed by atoms with Gasteiger partial charge in [0.2, 0.25) is 0 Å². The molecule has 0 aliphatic heterocycles. The van der Waals surface area contributed by atoms with E-state index >= 15 is 0 Å². The molecule has 1 N–H and O–H groups in total. The van der Waals surface area contributed by atoms with E-state index in [4.69, 9.17) is 0 Å². The second-order valence-electron chi connectivity index (χ2n) is 13.6. The lowest BCUT2D eigenvalue weighted by atomic mass is 9.67. The molecule has 0 spiro atoms. The molecule has 0 bridgehead atoms. The molecule has 2 fully saturated rings. The number of hydrogen-bond acceptors (Lipinski definition) is 2. The number of carbonyl (C=O) groups is 2. The molecular weight excluding hydrogens is 528 g/mol. The van der Waals surface area contributed by atoms with E-state index in [0.29, 0.717) is 37.0 Å². The van der Waals surface area contributed by atoms with Gasteiger partial charge in [-0.25, -0.2) is 0 Å². The van der Waals surface area contributed by atoms with Gasteiger partial charge >= 0.3 is 5.97 Å². The second kappa shape index (κ2) is 17.8. The molecule has 0 aromatic heterocycles. The van der Waals surface area contributed by atoms with Gasteiger partial charge < -0.3 is 5.11 Å². The summed E-state index contributed by atoms with van der Waals surface area (Å²) in [6, 6.07) is 0. The Balaban J connectivity index is 1.87. The fourth-order valence-corrected chi connectivity index (χ4v) is 6.79. The molecule has 0 heterocycles. The predicted molar refractivity (Wildman–Crippen MR) is 183 cm³/mol. The van der Waals surface area contributed by atoms with E-state index in [2.05, 4.69) is 85.4 Å². The highest BCUT2D eigenvalue weighted by Crippen LogP contribution is 2.40. The SMILES string of the molecule is C\C(C=C=C1[C@H](C)C[C@H](C(=O)O)C[C@@H]1C)=C/C=C/C(C)=C/C=C/C=C(C)/C=C/C=C(\C)C(=O)C[C@H]1C(C)C[C@@H](C)C[C@H]1C. The summed E-state index contributed by atoms with van der Waals surface area (Å²) in [6.07, 6.45) is 26.9. The van der Waals surface area contributed by atoms with Crippen LogP contribution < -0.4 is 0 Å². The Morgan fingerprint density at radius 2 is 1.21 bits per heavy atom. The summed E-state index contributed by atoms with van der Waals surface area (Å²) >= 11 is 0. The topological polar surface area (TPSA) is 54.4 Å². The largest absolute Gasteiger partial charge is 0.481 e. The van der Waals surface area contributed by atoms with Crippen molar-refractivity contribution in [3.8, 4) is 0 Å². The minimum Gasteiger partial charge on any atom is -0.481 e.